The molecule has 0 fully saturated rings. The van der Waals surface area contributed by atoms with E-state index in [0.717, 1.165) is 29.5 Å². The summed E-state index contributed by atoms with van der Waals surface area (Å²) in [7, 11) is 0. The molecule has 1 aromatic heterocycles. The summed E-state index contributed by atoms with van der Waals surface area (Å²) in [5, 5.41) is 20.1. The summed E-state index contributed by atoms with van der Waals surface area (Å²) in [6, 6.07) is 3.79. The third kappa shape index (κ3) is 2.91. The number of halogens is 2. The van der Waals surface area contributed by atoms with Crippen molar-refractivity contribution in [3.63, 3.8) is 0 Å². The van der Waals surface area contributed by atoms with Crippen molar-refractivity contribution >= 4 is 17.0 Å². The summed E-state index contributed by atoms with van der Waals surface area (Å²) in [6.07, 6.45) is -0.908. The molecule has 0 bridgehead atoms. The average molecular weight is 301 g/mol. The molecule has 0 aliphatic carbocycles. The Morgan fingerprint density at radius 1 is 1.40 bits per heavy atom. The predicted octanol–water partition coefficient (Wildman–Crippen LogP) is 3.78. The number of rotatable bonds is 4. The van der Waals surface area contributed by atoms with E-state index in [2.05, 4.69) is 0 Å². The lowest BCUT2D eigenvalue weighted by Crippen LogP contribution is -1.91. The SMILES string of the molecule is C[C@H](O)c1cc([N+](=O)[O-])c(Oc2ccc(F)cc2F)s1. The fourth-order valence-corrected chi connectivity index (χ4v) is 2.37. The Balaban J connectivity index is 2.39. The lowest BCUT2D eigenvalue weighted by Gasteiger charge is -2.04. The largest absolute Gasteiger partial charge is 0.437 e. The molecule has 5 nitrogen and oxygen atoms in total. The molecule has 20 heavy (non-hydrogen) atoms. The van der Waals surface area contributed by atoms with E-state index in [4.69, 9.17) is 4.74 Å². The summed E-state index contributed by atoms with van der Waals surface area (Å²) >= 11 is 0.829. The third-order valence-electron chi connectivity index (χ3n) is 2.40. The minimum Gasteiger partial charge on any atom is -0.437 e. The summed E-state index contributed by atoms with van der Waals surface area (Å²) in [4.78, 5) is 10.5. The first kappa shape index (κ1) is 14.4. The van der Waals surface area contributed by atoms with Gasteiger partial charge in [0, 0.05) is 17.0 Å². The van der Waals surface area contributed by atoms with Crippen molar-refractivity contribution in [2.24, 2.45) is 0 Å². The third-order valence-corrected chi connectivity index (χ3v) is 3.58. The van der Waals surface area contributed by atoms with Gasteiger partial charge in [0.15, 0.2) is 11.6 Å². The number of hydrogen-bond donors (Lipinski definition) is 1. The van der Waals surface area contributed by atoms with Crippen LogP contribution in [0, 0.1) is 21.7 Å². The van der Waals surface area contributed by atoms with E-state index in [9.17, 15) is 24.0 Å². The van der Waals surface area contributed by atoms with E-state index in [1.54, 1.807) is 0 Å². The van der Waals surface area contributed by atoms with Crippen LogP contribution in [0.1, 0.15) is 17.9 Å². The van der Waals surface area contributed by atoms with Gasteiger partial charge in [-0.2, -0.15) is 0 Å². The monoisotopic (exact) mass is 301 g/mol. The Kier molecular flexibility index (Phi) is 3.96. The quantitative estimate of drug-likeness (QED) is 0.689. The zero-order valence-electron chi connectivity index (χ0n) is 10.2. The molecule has 0 saturated heterocycles. The fraction of sp³-hybridized carbons (Fsp3) is 0.167. The lowest BCUT2D eigenvalue weighted by atomic mass is 10.3. The normalized spacial score (nSPS) is 12.2. The van der Waals surface area contributed by atoms with Gasteiger partial charge >= 0.3 is 5.69 Å². The molecule has 8 heteroatoms. The number of aliphatic hydroxyl groups excluding tert-OH is 1. The van der Waals surface area contributed by atoms with Crippen LogP contribution < -0.4 is 4.74 Å². The van der Waals surface area contributed by atoms with Crippen LogP contribution in [0.15, 0.2) is 24.3 Å². The van der Waals surface area contributed by atoms with Crippen LogP contribution in [0.4, 0.5) is 14.5 Å². The van der Waals surface area contributed by atoms with Crippen molar-refractivity contribution < 1.29 is 23.5 Å². The molecule has 0 aliphatic heterocycles. The smallest absolute Gasteiger partial charge is 0.323 e. The maximum absolute atomic E-state index is 13.5. The molecule has 1 atom stereocenters. The van der Waals surface area contributed by atoms with Crippen LogP contribution in [0.3, 0.4) is 0 Å². The molecule has 2 rings (SSSR count). The number of nitrogens with zero attached hydrogens (tertiary/aromatic N) is 1. The molecule has 2 aromatic rings. The van der Waals surface area contributed by atoms with Crippen LogP contribution in [0.5, 0.6) is 10.8 Å². The van der Waals surface area contributed by atoms with E-state index >= 15 is 0 Å². The molecule has 0 aliphatic rings. The first-order chi connectivity index (χ1) is 9.38. The molecule has 0 unspecified atom stereocenters. The molecule has 106 valence electrons. The van der Waals surface area contributed by atoms with E-state index in [-0.39, 0.29) is 16.5 Å². The maximum Gasteiger partial charge on any atom is 0.323 e. The Bertz CT molecular complexity index is 657. The zero-order valence-corrected chi connectivity index (χ0v) is 11.0. The van der Waals surface area contributed by atoms with E-state index in [1.165, 1.54) is 6.92 Å². The lowest BCUT2D eigenvalue weighted by molar-refractivity contribution is -0.385. The molecule has 0 amide bonds. The van der Waals surface area contributed by atoms with Gasteiger partial charge in [-0.25, -0.2) is 8.78 Å². The molecule has 1 N–H and O–H groups in total. The minimum absolute atomic E-state index is 0.170. The fourth-order valence-electron chi connectivity index (χ4n) is 1.45. The highest BCUT2D eigenvalue weighted by Crippen LogP contribution is 2.42. The molecular formula is C12H9F2NO4S. The topological polar surface area (TPSA) is 72.6 Å². The summed E-state index contributed by atoms with van der Waals surface area (Å²) in [6.45, 7) is 1.44. The van der Waals surface area contributed by atoms with Crippen LogP contribution in [0.2, 0.25) is 0 Å². The van der Waals surface area contributed by atoms with Crippen molar-refractivity contribution in [1.82, 2.24) is 0 Å². The van der Waals surface area contributed by atoms with Gasteiger partial charge in [-0.3, -0.25) is 10.1 Å². The van der Waals surface area contributed by atoms with Crippen molar-refractivity contribution in [1.29, 1.82) is 0 Å². The Morgan fingerprint density at radius 2 is 2.10 bits per heavy atom. The van der Waals surface area contributed by atoms with Crippen molar-refractivity contribution in [2.45, 2.75) is 13.0 Å². The van der Waals surface area contributed by atoms with Crippen molar-refractivity contribution in [2.75, 3.05) is 0 Å². The first-order valence-electron chi connectivity index (χ1n) is 5.47. The summed E-state index contributed by atoms with van der Waals surface area (Å²) in [5.41, 5.74) is -0.380. The number of ether oxygens (including phenoxy) is 1. The number of hydrogen-bond acceptors (Lipinski definition) is 5. The Morgan fingerprint density at radius 3 is 2.65 bits per heavy atom. The molecule has 1 aromatic carbocycles. The van der Waals surface area contributed by atoms with Gasteiger partial charge in [0.2, 0.25) is 0 Å². The number of thiophene rings is 1. The Hall–Kier alpha value is -2.06. The van der Waals surface area contributed by atoms with Crippen molar-refractivity contribution in [3.05, 3.63) is 50.9 Å². The van der Waals surface area contributed by atoms with Crippen LogP contribution in [0.25, 0.3) is 0 Å². The number of nitro groups is 1. The van der Waals surface area contributed by atoms with Crippen LogP contribution in [-0.2, 0) is 0 Å². The Labute approximate surface area is 116 Å². The van der Waals surface area contributed by atoms with Gasteiger partial charge in [-0.15, -0.1) is 0 Å². The van der Waals surface area contributed by atoms with E-state index in [1.807, 2.05) is 0 Å². The first-order valence-corrected chi connectivity index (χ1v) is 6.29. The van der Waals surface area contributed by atoms with Gasteiger partial charge < -0.3 is 9.84 Å². The molecule has 0 spiro atoms. The van der Waals surface area contributed by atoms with Gasteiger partial charge in [0.1, 0.15) is 5.82 Å². The number of aliphatic hydroxyl groups is 1. The van der Waals surface area contributed by atoms with Crippen molar-refractivity contribution in [3.8, 4) is 10.8 Å². The van der Waals surface area contributed by atoms with E-state index in [0.29, 0.717) is 10.9 Å². The van der Waals surface area contributed by atoms with Gasteiger partial charge in [-0.1, -0.05) is 11.3 Å². The number of benzene rings is 1. The van der Waals surface area contributed by atoms with Gasteiger partial charge in [-0.05, 0) is 19.1 Å². The summed E-state index contributed by atoms with van der Waals surface area (Å²) < 4.78 is 31.3. The second-order valence-corrected chi connectivity index (χ2v) is 4.98. The average Bonchev–Trinajstić information content (AvgIpc) is 2.77. The predicted molar refractivity (Wildman–Crippen MR) is 68.0 cm³/mol. The highest BCUT2D eigenvalue weighted by Gasteiger charge is 2.23. The molecule has 0 radical (unpaired) electrons. The minimum atomic E-state index is -0.966. The van der Waals surface area contributed by atoms with E-state index < -0.39 is 22.7 Å². The van der Waals surface area contributed by atoms with Gasteiger partial charge in [0.05, 0.1) is 11.0 Å². The molecule has 0 saturated carbocycles. The van der Waals surface area contributed by atoms with Crippen LogP contribution in [-0.4, -0.2) is 10.0 Å². The maximum atomic E-state index is 13.5. The van der Waals surface area contributed by atoms with Crippen LogP contribution >= 0.6 is 11.3 Å². The second kappa shape index (κ2) is 5.51. The second-order valence-electron chi connectivity index (χ2n) is 3.93. The standard InChI is InChI=1S/C12H9F2NO4S/c1-6(16)11-5-9(15(17)18)12(20-11)19-10-3-2-7(13)4-8(10)14/h2-6,16H,1H3/t6-/m0/s1. The van der Waals surface area contributed by atoms with Gasteiger partial charge in [0.25, 0.3) is 5.06 Å². The highest BCUT2D eigenvalue weighted by molar-refractivity contribution is 7.14. The molecule has 1 heterocycles. The molecular weight excluding hydrogens is 292 g/mol. The zero-order chi connectivity index (χ0) is 14.9. The highest BCUT2D eigenvalue weighted by atomic mass is 32.1. The summed E-state index contributed by atoms with van der Waals surface area (Å²) in [5.74, 6) is -2.07.